The summed E-state index contributed by atoms with van der Waals surface area (Å²) in [5.41, 5.74) is 8.50. The highest BCUT2D eigenvalue weighted by Gasteiger charge is 2.26. The van der Waals surface area contributed by atoms with E-state index >= 15 is 0 Å². The van der Waals surface area contributed by atoms with Gasteiger partial charge < -0.3 is 15.8 Å². The summed E-state index contributed by atoms with van der Waals surface area (Å²) in [6.45, 7) is 4.03. The fourth-order valence-electron chi connectivity index (χ4n) is 2.70. The van der Waals surface area contributed by atoms with Gasteiger partial charge in [0, 0.05) is 24.7 Å². The van der Waals surface area contributed by atoms with Crippen LogP contribution in [0.25, 0.3) is 10.9 Å². The molecule has 1 saturated carbocycles. The molecule has 1 aliphatic rings. The van der Waals surface area contributed by atoms with Crippen molar-refractivity contribution in [3.8, 4) is 0 Å². The third kappa shape index (κ3) is 2.63. The average molecular weight is 284 g/mol. The fourth-order valence-corrected chi connectivity index (χ4v) is 2.70. The normalized spacial score (nSPS) is 15.4. The smallest absolute Gasteiger partial charge is 0.173 e. The number of anilines is 1. The molecule has 0 spiro atoms. The molecule has 0 amide bonds. The van der Waals surface area contributed by atoms with Crippen LogP contribution in [-0.2, 0) is 0 Å². The Bertz CT molecular complexity index is 679. The van der Waals surface area contributed by atoms with Gasteiger partial charge in [-0.1, -0.05) is 23.4 Å². The van der Waals surface area contributed by atoms with Crippen LogP contribution < -0.4 is 10.6 Å². The van der Waals surface area contributed by atoms with Gasteiger partial charge >= 0.3 is 0 Å². The number of nitrogens with zero attached hydrogens (tertiary/aromatic N) is 3. The molecule has 0 unspecified atom stereocenters. The first-order chi connectivity index (χ1) is 10.2. The summed E-state index contributed by atoms with van der Waals surface area (Å²) >= 11 is 0. The molecule has 0 aliphatic heterocycles. The van der Waals surface area contributed by atoms with Crippen LogP contribution in [0, 0.1) is 5.92 Å². The van der Waals surface area contributed by atoms with Crippen molar-refractivity contribution < 1.29 is 5.21 Å². The predicted octanol–water partition coefficient (Wildman–Crippen LogP) is 2.57. The predicted molar refractivity (Wildman–Crippen MR) is 84.9 cm³/mol. The van der Waals surface area contributed by atoms with Crippen LogP contribution in [0.3, 0.4) is 0 Å². The average Bonchev–Trinajstić information content (AvgIpc) is 3.35. The quantitative estimate of drug-likeness (QED) is 0.383. The highest BCUT2D eigenvalue weighted by atomic mass is 16.4. The molecule has 0 saturated heterocycles. The van der Waals surface area contributed by atoms with E-state index in [1.54, 1.807) is 6.20 Å². The van der Waals surface area contributed by atoms with E-state index in [1.807, 2.05) is 24.3 Å². The highest BCUT2D eigenvalue weighted by Crippen LogP contribution is 2.35. The molecule has 5 nitrogen and oxygen atoms in total. The van der Waals surface area contributed by atoms with Crippen molar-refractivity contribution in [2.45, 2.75) is 19.8 Å². The number of para-hydroxylation sites is 1. The van der Waals surface area contributed by atoms with Gasteiger partial charge in [0.15, 0.2) is 5.84 Å². The minimum absolute atomic E-state index is 0.109. The van der Waals surface area contributed by atoms with Crippen molar-refractivity contribution in [3.05, 3.63) is 36.0 Å². The Kier molecular flexibility index (Phi) is 3.64. The first-order valence-corrected chi connectivity index (χ1v) is 7.35. The third-order valence-electron chi connectivity index (χ3n) is 4.00. The first kappa shape index (κ1) is 13.7. The van der Waals surface area contributed by atoms with Gasteiger partial charge in [-0.25, -0.2) is 0 Å². The maximum atomic E-state index is 9.05. The molecule has 21 heavy (non-hydrogen) atoms. The summed E-state index contributed by atoms with van der Waals surface area (Å²) in [4.78, 5) is 6.74. The van der Waals surface area contributed by atoms with Gasteiger partial charge in [-0.2, -0.15) is 0 Å². The van der Waals surface area contributed by atoms with Gasteiger partial charge in [0.1, 0.15) is 0 Å². The standard InChI is InChI=1S/C16H20N4O/c1-2-20(10-11-7-8-11)15-12-5-3-4-6-14(12)18-9-13(15)16(17)19-21/h3-6,9,11,21H,2,7-8,10H2,1H3,(H2,17,19). The zero-order chi connectivity index (χ0) is 14.8. The Hall–Kier alpha value is -2.30. The Balaban J connectivity index is 2.18. The summed E-state index contributed by atoms with van der Waals surface area (Å²) in [6, 6.07) is 8.00. The number of hydrogen-bond acceptors (Lipinski definition) is 4. The highest BCUT2D eigenvalue weighted by molar-refractivity contribution is 6.08. The number of fused-ring (bicyclic) bond motifs is 1. The van der Waals surface area contributed by atoms with Gasteiger partial charge in [0.25, 0.3) is 0 Å². The number of nitrogens with two attached hydrogens (primary N) is 1. The topological polar surface area (TPSA) is 74.7 Å². The monoisotopic (exact) mass is 284 g/mol. The minimum atomic E-state index is 0.109. The van der Waals surface area contributed by atoms with E-state index in [-0.39, 0.29) is 5.84 Å². The molecule has 3 N–H and O–H groups in total. The molecule has 0 atom stereocenters. The molecular weight excluding hydrogens is 264 g/mol. The fraction of sp³-hybridized carbons (Fsp3) is 0.375. The van der Waals surface area contributed by atoms with Crippen molar-refractivity contribution >= 4 is 22.4 Å². The first-order valence-electron chi connectivity index (χ1n) is 7.35. The van der Waals surface area contributed by atoms with Crippen LogP contribution in [0.5, 0.6) is 0 Å². The second-order valence-corrected chi connectivity index (χ2v) is 5.50. The molecule has 0 radical (unpaired) electrons. The molecule has 0 bridgehead atoms. The van der Waals surface area contributed by atoms with E-state index in [0.717, 1.165) is 35.6 Å². The molecule has 1 aliphatic carbocycles. The summed E-state index contributed by atoms with van der Waals surface area (Å²) in [5.74, 6) is 0.870. The van der Waals surface area contributed by atoms with Gasteiger partial charge in [-0.05, 0) is 31.7 Å². The number of rotatable bonds is 5. The van der Waals surface area contributed by atoms with Crippen LogP contribution in [0.15, 0.2) is 35.6 Å². The Morgan fingerprint density at radius 3 is 2.86 bits per heavy atom. The SMILES string of the molecule is CCN(CC1CC1)c1c(C(N)=NO)cnc2ccccc12. The van der Waals surface area contributed by atoms with Crippen LogP contribution in [0.1, 0.15) is 25.3 Å². The molecule has 1 aromatic carbocycles. The number of hydrogen-bond donors (Lipinski definition) is 2. The summed E-state index contributed by atoms with van der Waals surface area (Å²) in [5, 5.41) is 13.3. The molecule has 1 aromatic heterocycles. The third-order valence-corrected chi connectivity index (χ3v) is 4.00. The van der Waals surface area contributed by atoms with Crippen LogP contribution in [0.4, 0.5) is 5.69 Å². The number of oxime groups is 1. The lowest BCUT2D eigenvalue weighted by Gasteiger charge is -2.26. The van der Waals surface area contributed by atoms with Crippen molar-refractivity contribution in [1.82, 2.24) is 4.98 Å². The summed E-state index contributed by atoms with van der Waals surface area (Å²) < 4.78 is 0. The van der Waals surface area contributed by atoms with Crippen molar-refractivity contribution in [2.24, 2.45) is 16.8 Å². The van der Waals surface area contributed by atoms with Crippen LogP contribution in [0.2, 0.25) is 0 Å². The van der Waals surface area contributed by atoms with E-state index < -0.39 is 0 Å². The second-order valence-electron chi connectivity index (χ2n) is 5.50. The van der Waals surface area contributed by atoms with Crippen LogP contribution in [-0.4, -0.2) is 29.1 Å². The number of amidine groups is 1. The maximum absolute atomic E-state index is 9.05. The van der Waals surface area contributed by atoms with E-state index in [0.29, 0.717) is 5.56 Å². The van der Waals surface area contributed by atoms with Gasteiger partial charge in [0.05, 0.1) is 16.8 Å². The lowest BCUT2D eigenvalue weighted by atomic mass is 10.1. The molecule has 1 heterocycles. The van der Waals surface area contributed by atoms with Crippen molar-refractivity contribution in [1.29, 1.82) is 0 Å². The van der Waals surface area contributed by atoms with E-state index in [9.17, 15) is 0 Å². The summed E-state index contributed by atoms with van der Waals surface area (Å²) in [7, 11) is 0. The number of aromatic nitrogens is 1. The maximum Gasteiger partial charge on any atom is 0.173 e. The molecule has 5 heteroatoms. The van der Waals surface area contributed by atoms with Crippen molar-refractivity contribution in [2.75, 3.05) is 18.0 Å². The Labute approximate surface area is 124 Å². The molecule has 2 aromatic rings. The molecule has 3 rings (SSSR count). The van der Waals surface area contributed by atoms with Gasteiger partial charge in [-0.15, -0.1) is 0 Å². The Morgan fingerprint density at radius 1 is 1.43 bits per heavy atom. The van der Waals surface area contributed by atoms with E-state index in [2.05, 4.69) is 22.0 Å². The van der Waals surface area contributed by atoms with Gasteiger partial charge in [-0.3, -0.25) is 4.98 Å². The van der Waals surface area contributed by atoms with Crippen molar-refractivity contribution in [3.63, 3.8) is 0 Å². The number of pyridine rings is 1. The molecular formula is C16H20N4O. The van der Waals surface area contributed by atoms with Crippen LogP contribution >= 0.6 is 0 Å². The minimum Gasteiger partial charge on any atom is -0.409 e. The lowest BCUT2D eigenvalue weighted by molar-refractivity contribution is 0.318. The molecule has 110 valence electrons. The molecule has 1 fully saturated rings. The Morgan fingerprint density at radius 2 is 2.19 bits per heavy atom. The van der Waals surface area contributed by atoms with Gasteiger partial charge in [0.2, 0.25) is 0 Å². The van der Waals surface area contributed by atoms with E-state index in [1.165, 1.54) is 12.8 Å². The zero-order valence-electron chi connectivity index (χ0n) is 12.2. The largest absolute Gasteiger partial charge is 0.409 e. The second kappa shape index (κ2) is 5.60. The zero-order valence-corrected chi connectivity index (χ0v) is 12.2. The summed E-state index contributed by atoms with van der Waals surface area (Å²) in [6.07, 6.45) is 4.28. The lowest BCUT2D eigenvalue weighted by Crippen LogP contribution is -2.29. The van der Waals surface area contributed by atoms with E-state index in [4.69, 9.17) is 10.9 Å². The number of benzene rings is 1.